The molecule has 1 atom stereocenters. The van der Waals surface area contributed by atoms with E-state index < -0.39 is 6.65 Å². The molecule has 0 aliphatic heterocycles. The number of thioether (sulfide) groups is 1. The van der Waals surface area contributed by atoms with E-state index in [4.69, 9.17) is 0 Å². The summed E-state index contributed by atoms with van der Waals surface area (Å²) in [6.07, 6.45) is 4.70. The van der Waals surface area contributed by atoms with Gasteiger partial charge in [-0.3, -0.25) is 9.24 Å². The molecule has 1 aromatic carbocycles. The first-order valence-corrected chi connectivity index (χ1v) is 11.4. The number of nitrogens with one attached hydrogen (secondary N) is 1. The summed E-state index contributed by atoms with van der Waals surface area (Å²) in [5, 5.41) is 3.10. The van der Waals surface area contributed by atoms with Crippen LogP contribution in [0.4, 0.5) is 5.69 Å². The lowest BCUT2D eigenvalue weighted by atomic mass is 10.3. The molecular formula is C14H24N3OPS2. The van der Waals surface area contributed by atoms with Gasteiger partial charge in [-0.15, -0.1) is 11.8 Å². The molecule has 4 nitrogen and oxygen atoms in total. The minimum atomic E-state index is -2.63. The third-order valence-corrected chi connectivity index (χ3v) is 8.78. The number of aliphatic imine (C=N–C) groups is 1. The summed E-state index contributed by atoms with van der Waals surface area (Å²) in [6, 6.07) is 8.00. The van der Waals surface area contributed by atoms with Crippen LogP contribution >= 0.6 is 29.8 Å². The fraction of sp³-hybridized carbons (Fsp3) is 0.500. The number of rotatable bonds is 9. The van der Waals surface area contributed by atoms with Gasteiger partial charge in [-0.25, -0.2) is 10.1 Å². The highest BCUT2D eigenvalue weighted by atomic mass is 32.7. The number of hydrogen-bond acceptors (Lipinski definition) is 4. The van der Waals surface area contributed by atoms with Gasteiger partial charge in [0.2, 0.25) is 0 Å². The molecule has 1 unspecified atom stereocenters. The minimum Gasteiger partial charge on any atom is -0.297 e. The molecule has 0 heterocycles. The van der Waals surface area contributed by atoms with Gasteiger partial charge in [-0.05, 0) is 36.9 Å². The maximum atomic E-state index is 12.9. The van der Waals surface area contributed by atoms with Crippen LogP contribution in [0, 0.1) is 0 Å². The summed E-state index contributed by atoms with van der Waals surface area (Å²) < 4.78 is 14.6. The monoisotopic (exact) mass is 345 g/mol. The summed E-state index contributed by atoms with van der Waals surface area (Å²) in [6.45, 7) is 2.09. The molecule has 0 aliphatic rings. The highest BCUT2D eigenvalue weighted by Gasteiger charge is 2.25. The molecule has 0 bridgehead atoms. The lowest BCUT2D eigenvalue weighted by Gasteiger charge is -2.25. The second-order valence-electron chi connectivity index (χ2n) is 4.38. The smallest absolute Gasteiger partial charge is 0.293 e. The second kappa shape index (κ2) is 9.57. The molecule has 0 radical (unpaired) electrons. The Morgan fingerprint density at radius 2 is 2.00 bits per heavy atom. The Labute approximate surface area is 136 Å². The highest BCUT2D eigenvalue weighted by molar-refractivity contribution is 8.56. The van der Waals surface area contributed by atoms with Crippen LogP contribution in [0.2, 0.25) is 0 Å². The van der Waals surface area contributed by atoms with Gasteiger partial charge < -0.3 is 0 Å². The maximum absolute atomic E-state index is 12.9. The molecule has 118 valence electrons. The van der Waals surface area contributed by atoms with Crippen molar-refractivity contribution in [1.82, 2.24) is 9.76 Å². The number of benzene rings is 1. The van der Waals surface area contributed by atoms with Gasteiger partial charge in [-0.2, -0.15) is 0 Å². The molecule has 1 aromatic rings. The van der Waals surface area contributed by atoms with E-state index in [-0.39, 0.29) is 0 Å². The van der Waals surface area contributed by atoms with E-state index in [9.17, 15) is 4.57 Å². The largest absolute Gasteiger partial charge is 0.297 e. The van der Waals surface area contributed by atoms with Crippen molar-refractivity contribution in [3.63, 3.8) is 0 Å². The molecule has 0 amide bonds. The minimum absolute atomic E-state index is 0.675. The molecule has 0 saturated heterocycles. The quantitative estimate of drug-likeness (QED) is 0.300. The average molecular weight is 345 g/mol. The van der Waals surface area contributed by atoms with Crippen LogP contribution in [0.1, 0.15) is 20.3 Å². The first-order chi connectivity index (χ1) is 10.1. The van der Waals surface area contributed by atoms with Gasteiger partial charge in [0.05, 0.1) is 12.0 Å². The van der Waals surface area contributed by atoms with Gasteiger partial charge in [0.15, 0.2) is 0 Å². The normalized spacial score (nSPS) is 14.3. The summed E-state index contributed by atoms with van der Waals surface area (Å²) >= 11 is 3.18. The molecule has 0 fully saturated rings. The van der Waals surface area contributed by atoms with Crippen molar-refractivity contribution in [2.75, 3.05) is 25.6 Å². The van der Waals surface area contributed by atoms with Crippen molar-refractivity contribution in [2.45, 2.75) is 25.2 Å². The first kappa shape index (κ1) is 18.6. The predicted octanol–water partition coefficient (Wildman–Crippen LogP) is 4.86. The van der Waals surface area contributed by atoms with Crippen LogP contribution in [0.15, 0.2) is 34.2 Å². The van der Waals surface area contributed by atoms with Gasteiger partial charge in [0.1, 0.15) is 0 Å². The molecule has 21 heavy (non-hydrogen) atoms. The molecule has 0 aromatic heterocycles. The standard InChI is InChI=1S/C14H24N3OPS2/c1-5-11-21-19(18,16-6-2)17(3)12-15-13-7-9-14(20-4)10-8-13/h7-10,12H,5-6,11H2,1-4H3,(H,16,18). The van der Waals surface area contributed by atoms with Crippen LogP contribution < -0.4 is 5.09 Å². The van der Waals surface area contributed by atoms with Gasteiger partial charge in [0.25, 0.3) is 6.65 Å². The van der Waals surface area contributed by atoms with Crippen molar-refractivity contribution in [3.05, 3.63) is 24.3 Å². The Kier molecular flexibility index (Phi) is 8.49. The summed E-state index contributed by atoms with van der Waals surface area (Å²) in [5.41, 5.74) is 0.864. The highest BCUT2D eigenvalue weighted by Crippen LogP contribution is 2.56. The predicted molar refractivity (Wildman–Crippen MR) is 98.2 cm³/mol. The Balaban J connectivity index is 2.76. The fourth-order valence-corrected chi connectivity index (χ4v) is 6.10. The van der Waals surface area contributed by atoms with E-state index in [0.717, 1.165) is 17.9 Å². The number of hydrogen-bond donors (Lipinski definition) is 1. The Hall–Kier alpha value is -0.420. The molecule has 0 spiro atoms. The molecule has 7 heteroatoms. The third kappa shape index (κ3) is 6.07. The summed E-state index contributed by atoms with van der Waals surface area (Å²) in [4.78, 5) is 5.61. The molecular weight excluding hydrogens is 321 g/mol. The van der Waals surface area contributed by atoms with Gasteiger partial charge >= 0.3 is 0 Å². The molecule has 0 saturated carbocycles. The fourth-order valence-electron chi connectivity index (χ4n) is 1.55. The van der Waals surface area contributed by atoms with Crippen LogP contribution in [-0.2, 0) is 4.57 Å². The summed E-state index contributed by atoms with van der Waals surface area (Å²) in [7, 11) is 1.81. The van der Waals surface area contributed by atoms with Crippen LogP contribution in [0.25, 0.3) is 0 Å². The SMILES string of the molecule is CCCSP(=O)(NCC)N(C)C=Nc1ccc(SC)cc1. The van der Waals surface area contributed by atoms with E-state index in [1.54, 1.807) is 22.8 Å². The van der Waals surface area contributed by atoms with E-state index in [1.165, 1.54) is 16.3 Å². The lowest BCUT2D eigenvalue weighted by molar-refractivity contribution is 0.547. The van der Waals surface area contributed by atoms with Crippen molar-refractivity contribution in [3.8, 4) is 0 Å². The van der Waals surface area contributed by atoms with Crippen molar-refractivity contribution < 1.29 is 4.57 Å². The number of nitrogens with zero attached hydrogens (tertiary/aromatic N) is 2. The van der Waals surface area contributed by atoms with Crippen LogP contribution in [0.5, 0.6) is 0 Å². The molecule has 1 rings (SSSR count). The maximum Gasteiger partial charge on any atom is 0.293 e. The summed E-state index contributed by atoms with van der Waals surface area (Å²) in [5.74, 6) is 0.866. The van der Waals surface area contributed by atoms with Gasteiger partial charge in [0, 0.05) is 24.2 Å². The van der Waals surface area contributed by atoms with E-state index in [2.05, 4.69) is 17.0 Å². The van der Waals surface area contributed by atoms with Gasteiger partial charge in [-0.1, -0.05) is 25.2 Å². The Bertz CT molecular complexity index is 493. The van der Waals surface area contributed by atoms with E-state index in [1.807, 2.05) is 44.5 Å². The zero-order valence-corrected chi connectivity index (χ0v) is 15.6. The van der Waals surface area contributed by atoms with Crippen molar-refractivity contribution >= 4 is 41.8 Å². The zero-order valence-electron chi connectivity index (χ0n) is 13.1. The molecule has 1 N–H and O–H groups in total. The van der Waals surface area contributed by atoms with E-state index in [0.29, 0.717) is 6.54 Å². The van der Waals surface area contributed by atoms with Crippen LogP contribution in [-0.4, -0.2) is 36.6 Å². The Morgan fingerprint density at radius 3 is 2.52 bits per heavy atom. The molecule has 0 aliphatic carbocycles. The Morgan fingerprint density at radius 1 is 1.33 bits per heavy atom. The lowest BCUT2D eigenvalue weighted by Crippen LogP contribution is -2.22. The van der Waals surface area contributed by atoms with Crippen molar-refractivity contribution in [1.29, 1.82) is 0 Å². The van der Waals surface area contributed by atoms with Crippen molar-refractivity contribution in [2.24, 2.45) is 4.99 Å². The third-order valence-electron chi connectivity index (χ3n) is 2.69. The van der Waals surface area contributed by atoms with Crippen LogP contribution in [0.3, 0.4) is 0 Å². The second-order valence-corrected chi connectivity index (χ2v) is 10.2. The zero-order chi connectivity index (χ0) is 15.7. The average Bonchev–Trinajstić information content (AvgIpc) is 2.51. The first-order valence-electron chi connectivity index (χ1n) is 6.97. The topological polar surface area (TPSA) is 44.7 Å². The van der Waals surface area contributed by atoms with E-state index >= 15 is 0 Å².